The van der Waals surface area contributed by atoms with Gasteiger partial charge in [-0.2, -0.15) is 17.5 Å². The van der Waals surface area contributed by atoms with Crippen molar-refractivity contribution in [3.63, 3.8) is 0 Å². The number of amides is 1. The molecule has 2 aromatic carbocycles. The number of nitrogens with zero attached hydrogens (tertiary/aromatic N) is 3. The molecule has 40 heavy (non-hydrogen) atoms. The number of carbonyl (C=O) groups is 1. The Morgan fingerprint density at radius 2 is 1.82 bits per heavy atom. The summed E-state index contributed by atoms with van der Waals surface area (Å²) < 4.78 is 68.6. The molecule has 1 aliphatic rings. The summed E-state index contributed by atoms with van der Waals surface area (Å²) in [4.78, 5) is 17.9. The summed E-state index contributed by atoms with van der Waals surface area (Å²) in [7, 11) is -3.65. The number of halogens is 3. The highest BCUT2D eigenvalue weighted by Gasteiger charge is 2.38. The third-order valence-electron chi connectivity index (χ3n) is 7.10. The predicted octanol–water partition coefficient (Wildman–Crippen LogP) is 5.95. The van der Waals surface area contributed by atoms with Crippen LogP contribution in [0.25, 0.3) is 16.9 Å². The van der Waals surface area contributed by atoms with E-state index in [9.17, 15) is 26.4 Å². The zero-order valence-electron chi connectivity index (χ0n) is 22.0. The first-order chi connectivity index (χ1) is 18.9. The second-order valence-corrected chi connectivity index (χ2v) is 12.7. The van der Waals surface area contributed by atoms with Gasteiger partial charge in [0.05, 0.1) is 17.0 Å². The van der Waals surface area contributed by atoms with Gasteiger partial charge >= 0.3 is 6.18 Å². The van der Waals surface area contributed by atoms with Crippen LogP contribution >= 0.6 is 11.3 Å². The molecular formula is C28H27F3N4O3S2. The lowest BCUT2D eigenvalue weighted by Gasteiger charge is -2.34. The minimum Gasteiger partial charge on any atom is -0.318 e. The fourth-order valence-corrected chi connectivity index (χ4v) is 7.00. The molecule has 4 aromatic rings. The number of rotatable bonds is 6. The topological polar surface area (TPSA) is 84.3 Å². The number of hydrogen-bond acceptors (Lipinski definition) is 5. The van der Waals surface area contributed by atoms with Crippen LogP contribution in [0.15, 0.2) is 60.0 Å². The zero-order valence-corrected chi connectivity index (χ0v) is 23.6. The fourth-order valence-electron chi connectivity index (χ4n) is 5.06. The van der Waals surface area contributed by atoms with E-state index < -0.39 is 33.7 Å². The molecule has 5 rings (SSSR count). The van der Waals surface area contributed by atoms with Gasteiger partial charge in [-0.05, 0) is 62.6 Å². The number of alkyl halides is 3. The average Bonchev–Trinajstić information content (AvgIpc) is 3.50. The van der Waals surface area contributed by atoms with Gasteiger partial charge in [0.25, 0.3) is 0 Å². The minimum atomic E-state index is -4.46. The molecule has 0 saturated heterocycles. The SMILES string of the molecule is CCS(=O)(=O)N1Cc2ccccc2C[C@H]1C(=O)Nc1nc(-c2cc(C)n(-c3cccc(C(F)(F)F)c3)c2C)cs1. The summed E-state index contributed by atoms with van der Waals surface area (Å²) >= 11 is 1.19. The molecule has 0 bridgehead atoms. The molecule has 1 aliphatic heterocycles. The van der Waals surface area contributed by atoms with Crippen molar-refractivity contribution in [3.05, 3.63) is 88.1 Å². The van der Waals surface area contributed by atoms with E-state index in [0.29, 0.717) is 27.8 Å². The Morgan fingerprint density at radius 1 is 1.10 bits per heavy atom. The molecule has 0 radical (unpaired) electrons. The van der Waals surface area contributed by atoms with Crippen LogP contribution in [0.3, 0.4) is 0 Å². The number of anilines is 1. The maximum absolute atomic E-state index is 13.4. The second kappa shape index (κ2) is 10.5. The third-order valence-corrected chi connectivity index (χ3v) is 9.69. The van der Waals surface area contributed by atoms with Crippen LogP contribution in [0.1, 0.15) is 35.0 Å². The summed E-state index contributed by atoms with van der Waals surface area (Å²) in [6, 6.07) is 13.5. The highest BCUT2D eigenvalue weighted by atomic mass is 32.2. The van der Waals surface area contributed by atoms with Gasteiger partial charge in [0.1, 0.15) is 6.04 Å². The van der Waals surface area contributed by atoms with Gasteiger partial charge in [-0.15, -0.1) is 11.3 Å². The Hall–Kier alpha value is -3.48. The molecule has 1 atom stereocenters. The first kappa shape index (κ1) is 28.1. The standard InChI is InChI=1S/C28H27F3N4O3S2/c1-4-40(37,38)34-15-20-9-6-5-8-19(20)13-25(34)26(36)33-27-32-24(16-39-27)23-12-17(2)35(18(23)3)22-11-7-10-21(14-22)28(29,30)31/h5-12,14,16,25H,4,13,15H2,1-3H3,(H,32,33,36)/t25-/m0/s1. The predicted molar refractivity (Wildman–Crippen MR) is 149 cm³/mol. The third kappa shape index (κ3) is 5.30. The van der Waals surface area contributed by atoms with Crippen LogP contribution in [0.5, 0.6) is 0 Å². The summed E-state index contributed by atoms with van der Waals surface area (Å²) in [6.45, 7) is 5.27. The number of thiazole rings is 1. The maximum atomic E-state index is 13.4. The highest BCUT2D eigenvalue weighted by molar-refractivity contribution is 7.89. The van der Waals surface area contributed by atoms with E-state index in [2.05, 4.69) is 10.3 Å². The fraction of sp³-hybridized carbons (Fsp3) is 0.286. The first-order valence-electron chi connectivity index (χ1n) is 12.6. The Balaban J connectivity index is 1.41. The van der Waals surface area contributed by atoms with Crippen molar-refractivity contribution in [1.29, 1.82) is 0 Å². The first-order valence-corrected chi connectivity index (χ1v) is 15.1. The molecular weight excluding hydrogens is 561 g/mol. The normalized spacial score (nSPS) is 16.1. The quantitative estimate of drug-likeness (QED) is 0.302. The number of carbonyl (C=O) groups excluding carboxylic acids is 1. The lowest BCUT2D eigenvalue weighted by molar-refractivity contribution is -0.137. The smallest absolute Gasteiger partial charge is 0.318 e. The van der Waals surface area contributed by atoms with E-state index in [1.807, 2.05) is 30.3 Å². The molecule has 0 saturated carbocycles. The van der Waals surface area contributed by atoms with Gasteiger partial charge < -0.3 is 9.88 Å². The summed E-state index contributed by atoms with van der Waals surface area (Å²) in [6.07, 6.45) is -4.21. The number of aromatic nitrogens is 2. The molecule has 1 amide bonds. The van der Waals surface area contributed by atoms with Crippen molar-refractivity contribution in [2.75, 3.05) is 11.1 Å². The van der Waals surface area contributed by atoms with Crippen molar-refractivity contribution >= 4 is 32.4 Å². The summed E-state index contributed by atoms with van der Waals surface area (Å²) in [5, 5.41) is 4.84. The summed E-state index contributed by atoms with van der Waals surface area (Å²) in [5.41, 5.74) is 4.14. The average molecular weight is 589 g/mol. The van der Waals surface area contributed by atoms with Gasteiger partial charge in [0.2, 0.25) is 15.9 Å². The second-order valence-electron chi connectivity index (χ2n) is 9.63. The van der Waals surface area contributed by atoms with Crippen molar-refractivity contribution < 1.29 is 26.4 Å². The number of hydrogen-bond donors (Lipinski definition) is 1. The minimum absolute atomic E-state index is 0.120. The molecule has 0 aliphatic carbocycles. The van der Waals surface area contributed by atoms with Crippen LogP contribution in [-0.4, -0.2) is 40.0 Å². The summed E-state index contributed by atoms with van der Waals surface area (Å²) in [5.74, 6) is -0.594. The van der Waals surface area contributed by atoms with E-state index in [0.717, 1.165) is 29.0 Å². The van der Waals surface area contributed by atoms with E-state index in [-0.39, 0.29) is 18.7 Å². The van der Waals surface area contributed by atoms with Gasteiger partial charge in [-0.1, -0.05) is 30.3 Å². The monoisotopic (exact) mass is 588 g/mol. The molecule has 2 aromatic heterocycles. The van der Waals surface area contributed by atoms with E-state index in [1.165, 1.54) is 21.7 Å². The Bertz CT molecular complexity index is 1690. The van der Waals surface area contributed by atoms with Crippen LogP contribution in [0.2, 0.25) is 0 Å². The zero-order chi connectivity index (χ0) is 28.8. The maximum Gasteiger partial charge on any atom is 0.416 e. The molecule has 0 unspecified atom stereocenters. The number of aryl methyl sites for hydroxylation is 1. The highest BCUT2D eigenvalue weighted by Crippen LogP contribution is 2.35. The largest absolute Gasteiger partial charge is 0.416 e. The van der Waals surface area contributed by atoms with E-state index >= 15 is 0 Å². The van der Waals surface area contributed by atoms with Crippen LogP contribution in [-0.2, 0) is 34.0 Å². The number of sulfonamides is 1. The molecule has 210 valence electrons. The number of benzene rings is 2. The molecule has 7 nitrogen and oxygen atoms in total. The van der Waals surface area contributed by atoms with Crippen molar-refractivity contribution in [2.45, 2.75) is 46.0 Å². The lowest BCUT2D eigenvalue weighted by Crippen LogP contribution is -2.51. The van der Waals surface area contributed by atoms with Gasteiger partial charge in [0, 0.05) is 34.6 Å². The van der Waals surface area contributed by atoms with Crippen molar-refractivity contribution in [2.24, 2.45) is 0 Å². The molecule has 3 heterocycles. The van der Waals surface area contributed by atoms with Gasteiger partial charge in [-0.3, -0.25) is 4.79 Å². The Kier molecular flexibility index (Phi) is 7.36. The van der Waals surface area contributed by atoms with Gasteiger partial charge in [0.15, 0.2) is 5.13 Å². The van der Waals surface area contributed by atoms with Crippen molar-refractivity contribution in [3.8, 4) is 16.9 Å². The van der Waals surface area contributed by atoms with E-state index in [4.69, 9.17) is 0 Å². The van der Waals surface area contributed by atoms with Crippen LogP contribution in [0, 0.1) is 13.8 Å². The lowest BCUT2D eigenvalue weighted by atomic mass is 9.95. The number of nitrogens with one attached hydrogen (secondary N) is 1. The molecule has 12 heteroatoms. The number of fused-ring (bicyclic) bond motifs is 1. The van der Waals surface area contributed by atoms with E-state index in [1.54, 1.807) is 36.8 Å². The van der Waals surface area contributed by atoms with Crippen LogP contribution < -0.4 is 5.32 Å². The molecule has 0 spiro atoms. The van der Waals surface area contributed by atoms with Crippen LogP contribution in [0.4, 0.5) is 18.3 Å². The Morgan fingerprint density at radius 3 is 2.52 bits per heavy atom. The van der Waals surface area contributed by atoms with Gasteiger partial charge in [-0.25, -0.2) is 13.4 Å². The van der Waals surface area contributed by atoms with Crippen molar-refractivity contribution in [1.82, 2.24) is 13.9 Å². The molecule has 1 N–H and O–H groups in total. The Labute approximate surface area is 234 Å². The molecule has 0 fully saturated rings.